The Morgan fingerprint density at radius 1 is 1.00 bits per heavy atom. The lowest BCUT2D eigenvalue weighted by Gasteiger charge is -2.29. The molecule has 2 atom stereocenters. The first kappa shape index (κ1) is 19.6. The van der Waals surface area contributed by atoms with E-state index in [1.807, 2.05) is 7.05 Å². The molecule has 0 bridgehead atoms. The molecule has 0 saturated heterocycles. The number of rotatable bonds is 3. The summed E-state index contributed by atoms with van der Waals surface area (Å²) in [6.07, 6.45) is 2.06. The molecule has 0 radical (unpaired) electrons. The van der Waals surface area contributed by atoms with Gasteiger partial charge in [-0.05, 0) is 51.1 Å². The van der Waals surface area contributed by atoms with Crippen LogP contribution in [0.5, 0.6) is 0 Å². The zero-order valence-electron chi connectivity index (χ0n) is 19.2. The predicted molar refractivity (Wildman–Crippen MR) is 137 cm³/mol. The molecule has 3 aromatic carbocycles. The number of aromatic nitrogens is 2. The van der Waals surface area contributed by atoms with Crippen molar-refractivity contribution in [1.82, 2.24) is 14.5 Å². The fourth-order valence-corrected chi connectivity index (χ4v) is 5.98. The summed E-state index contributed by atoms with van der Waals surface area (Å²) < 4.78 is 4.96. The van der Waals surface area contributed by atoms with E-state index in [9.17, 15) is 0 Å². The summed E-state index contributed by atoms with van der Waals surface area (Å²) in [5.41, 5.74) is 14.2. The fourth-order valence-electron chi connectivity index (χ4n) is 5.98. The van der Waals surface area contributed by atoms with E-state index in [1.54, 1.807) is 0 Å². The molecule has 4 heteroatoms. The Hall–Kier alpha value is -3.08. The van der Waals surface area contributed by atoms with Gasteiger partial charge in [-0.2, -0.15) is 0 Å². The molecular weight excluding hydrogens is 392 g/mol. The van der Waals surface area contributed by atoms with Gasteiger partial charge >= 0.3 is 0 Å². The predicted octanol–water partition coefficient (Wildman–Crippen LogP) is 5.90. The van der Waals surface area contributed by atoms with Gasteiger partial charge in [-0.25, -0.2) is 0 Å². The zero-order chi connectivity index (χ0) is 22.4. The summed E-state index contributed by atoms with van der Waals surface area (Å²) in [7, 11) is 2.04. The number of hydrogen-bond donors (Lipinski definition) is 2. The van der Waals surface area contributed by atoms with E-state index in [2.05, 4.69) is 96.4 Å². The van der Waals surface area contributed by atoms with Crippen molar-refractivity contribution in [1.29, 1.82) is 0 Å². The van der Waals surface area contributed by atoms with E-state index in [4.69, 9.17) is 5.73 Å². The van der Waals surface area contributed by atoms with Crippen LogP contribution in [-0.2, 0) is 12.1 Å². The number of nitrogens with two attached hydrogens (primary N) is 1. The second-order valence-electron chi connectivity index (χ2n) is 9.73. The third-order valence-corrected chi connectivity index (χ3v) is 7.77. The van der Waals surface area contributed by atoms with E-state index in [-0.39, 0.29) is 17.6 Å². The van der Waals surface area contributed by atoms with Crippen molar-refractivity contribution in [3.63, 3.8) is 0 Å². The summed E-state index contributed by atoms with van der Waals surface area (Å²) >= 11 is 0. The number of hydrogen-bond acceptors (Lipinski definition) is 2. The summed E-state index contributed by atoms with van der Waals surface area (Å²) in [4.78, 5) is 0. The van der Waals surface area contributed by atoms with Crippen LogP contribution < -0.4 is 11.1 Å². The number of para-hydroxylation sites is 2. The maximum Gasteiger partial charge on any atom is 0.0746 e. The minimum Gasteiger partial charge on any atom is -0.337 e. The molecule has 162 valence electrons. The molecule has 4 nitrogen and oxygen atoms in total. The second-order valence-corrected chi connectivity index (χ2v) is 9.73. The van der Waals surface area contributed by atoms with Crippen molar-refractivity contribution in [2.75, 3.05) is 7.05 Å². The fraction of sp³-hybridized carbons (Fsp3) is 0.286. The van der Waals surface area contributed by atoms with E-state index >= 15 is 0 Å². The molecule has 1 aliphatic rings. The number of nitrogens with zero attached hydrogens (tertiary/aromatic N) is 2. The Balaban J connectivity index is 2.07. The van der Waals surface area contributed by atoms with Crippen LogP contribution >= 0.6 is 0 Å². The molecule has 0 amide bonds. The first-order valence-corrected chi connectivity index (χ1v) is 11.5. The minimum absolute atomic E-state index is 0.00773. The summed E-state index contributed by atoms with van der Waals surface area (Å²) in [6.45, 7) is 11.9. The van der Waals surface area contributed by atoms with Gasteiger partial charge in [0.1, 0.15) is 0 Å². The Morgan fingerprint density at radius 3 is 2.28 bits per heavy atom. The monoisotopic (exact) mass is 422 g/mol. The largest absolute Gasteiger partial charge is 0.337 e. The normalized spacial score (nSPS) is 18.9. The topological polar surface area (TPSA) is 47.9 Å². The molecular formula is C28H30N4. The number of nitrogens with one attached hydrogen (secondary N) is 1. The van der Waals surface area contributed by atoms with Gasteiger partial charge in [-0.3, -0.25) is 0 Å². The first-order valence-electron chi connectivity index (χ1n) is 11.5. The van der Waals surface area contributed by atoms with Crippen LogP contribution in [-0.4, -0.2) is 22.2 Å². The molecule has 6 rings (SSSR count). The zero-order valence-corrected chi connectivity index (χ0v) is 19.2. The van der Waals surface area contributed by atoms with Crippen molar-refractivity contribution in [2.45, 2.75) is 44.9 Å². The Labute approximate surface area is 188 Å². The molecule has 0 spiro atoms. The van der Waals surface area contributed by atoms with Gasteiger partial charge in [-0.1, -0.05) is 49.1 Å². The van der Waals surface area contributed by atoms with Gasteiger partial charge in [0.05, 0.1) is 11.0 Å². The smallest absolute Gasteiger partial charge is 0.0746 e. The maximum atomic E-state index is 6.85. The maximum absolute atomic E-state index is 6.85. The quantitative estimate of drug-likeness (QED) is 0.380. The van der Waals surface area contributed by atoms with E-state index in [1.165, 1.54) is 54.7 Å². The van der Waals surface area contributed by atoms with Gasteiger partial charge in [0.25, 0.3) is 0 Å². The minimum atomic E-state index is -0.243. The van der Waals surface area contributed by atoms with E-state index in [0.29, 0.717) is 0 Å². The molecule has 0 saturated carbocycles. The van der Waals surface area contributed by atoms with E-state index in [0.717, 1.165) is 6.54 Å². The highest BCUT2D eigenvalue weighted by molar-refractivity contribution is 6.26. The lowest BCUT2D eigenvalue weighted by Crippen LogP contribution is -2.34. The van der Waals surface area contributed by atoms with Gasteiger partial charge in [0.2, 0.25) is 0 Å². The first-order chi connectivity index (χ1) is 15.4. The summed E-state index contributed by atoms with van der Waals surface area (Å²) in [5, 5.41) is 8.73. The van der Waals surface area contributed by atoms with Gasteiger partial charge < -0.3 is 20.2 Å². The van der Waals surface area contributed by atoms with Crippen LogP contribution in [0.3, 0.4) is 0 Å². The summed E-state index contributed by atoms with van der Waals surface area (Å²) in [6, 6.07) is 17.7. The van der Waals surface area contributed by atoms with Gasteiger partial charge in [-0.15, -0.1) is 0 Å². The average Bonchev–Trinajstić information content (AvgIpc) is 3.27. The van der Waals surface area contributed by atoms with Crippen molar-refractivity contribution < 1.29 is 0 Å². The lowest BCUT2D eigenvalue weighted by atomic mass is 9.84. The standard InChI is InChI=1S/C28H30N4/c1-6-17-23-18-11-7-9-13-21(18)31-15-20(29)16(2)32-22-14-10-8-12-19(22)24(27(32)26(23)31)25(17)28(3,4)30-5/h6-14,16,20,30H,1,15,29H2,2-5H3. The Bertz CT molecular complexity index is 1560. The van der Waals surface area contributed by atoms with Crippen molar-refractivity contribution in [3.8, 4) is 0 Å². The van der Waals surface area contributed by atoms with Crippen LogP contribution in [0.15, 0.2) is 55.1 Å². The summed E-state index contributed by atoms with van der Waals surface area (Å²) in [5.74, 6) is 0. The SMILES string of the molecule is C=Cc1c(C(C)(C)NC)c2c3ccccc3n3c2c2c1c1ccccc1n2CC(N)C3C. The number of benzene rings is 3. The molecule has 5 aromatic rings. The van der Waals surface area contributed by atoms with Crippen LogP contribution in [0.1, 0.15) is 37.9 Å². The van der Waals surface area contributed by atoms with Gasteiger partial charge in [0, 0.05) is 56.7 Å². The molecule has 2 unspecified atom stereocenters. The Morgan fingerprint density at radius 2 is 1.62 bits per heavy atom. The molecule has 2 aromatic heterocycles. The van der Waals surface area contributed by atoms with Crippen LogP contribution in [0.4, 0.5) is 0 Å². The average molecular weight is 423 g/mol. The molecule has 3 heterocycles. The number of fused-ring (bicyclic) bond motifs is 6. The molecule has 0 fully saturated rings. The van der Waals surface area contributed by atoms with Crippen LogP contribution in [0.2, 0.25) is 0 Å². The lowest BCUT2D eigenvalue weighted by molar-refractivity contribution is 0.429. The molecule has 32 heavy (non-hydrogen) atoms. The van der Waals surface area contributed by atoms with Crippen LogP contribution in [0, 0.1) is 0 Å². The second kappa shape index (κ2) is 6.47. The van der Waals surface area contributed by atoms with Gasteiger partial charge in [0.15, 0.2) is 0 Å². The van der Waals surface area contributed by atoms with Crippen molar-refractivity contribution >= 4 is 49.7 Å². The Kier molecular flexibility index (Phi) is 3.96. The highest BCUT2D eigenvalue weighted by atomic mass is 15.1. The highest BCUT2D eigenvalue weighted by Crippen LogP contribution is 2.48. The molecule has 0 aliphatic carbocycles. The third kappa shape index (κ3) is 2.24. The molecule has 3 N–H and O–H groups in total. The van der Waals surface area contributed by atoms with Crippen molar-refractivity contribution in [2.24, 2.45) is 5.73 Å². The third-order valence-electron chi connectivity index (χ3n) is 7.77. The van der Waals surface area contributed by atoms with Crippen LogP contribution in [0.25, 0.3) is 49.7 Å². The van der Waals surface area contributed by atoms with E-state index < -0.39 is 0 Å². The molecule has 1 aliphatic heterocycles. The highest BCUT2D eigenvalue weighted by Gasteiger charge is 2.34. The van der Waals surface area contributed by atoms with Crippen molar-refractivity contribution in [3.05, 3.63) is 66.2 Å².